The summed E-state index contributed by atoms with van der Waals surface area (Å²) in [5.74, 6) is 3.19. The van der Waals surface area contributed by atoms with E-state index >= 15 is 0 Å². The smallest absolute Gasteiger partial charge is 0.220 e. The molecule has 0 saturated carbocycles. The molecule has 3 heterocycles. The Morgan fingerprint density at radius 2 is 2.35 bits per heavy atom. The van der Waals surface area contributed by atoms with Gasteiger partial charge in [0.05, 0.1) is 12.8 Å². The number of anilines is 2. The van der Waals surface area contributed by atoms with E-state index in [1.165, 1.54) is 0 Å². The van der Waals surface area contributed by atoms with Gasteiger partial charge < -0.3 is 20.0 Å². The van der Waals surface area contributed by atoms with E-state index in [-0.39, 0.29) is 5.91 Å². The molecule has 2 aromatic heterocycles. The quantitative estimate of drug-likeness (QED) is 0.756. The number of nitrogens with zero attached hydrogens (tertiary/aromatic N) is 3. The third-order valence-corrected chi connectivity index (χ3v) is 4.67. The summed E-state index contributed by atoms with van der Waals surface area (Å²) < 4.78 is 5.23. The van der Waals surface area contributed by atoms with Crippen molar-refractivity contribution >= 4 is 17.5 Å². The lowest BCUT2D eigenvalue weighted by Gasteiger charge is -2.33. The highest BCUT2D eigenvalue weighted by Crippen LogP contribution is 2.25. The van der Waals surface area contributed by atoms with Crippen LogP contribution in [0.15, 0.2) is 35.2 Å². The minimum absolute atomic E-state index is 0.0787. The molecule has 7 nitrogen and oxygen atoms in total. The fourth-order valence-electron chi connectivity index (χ4n) is 3.33. The van der Waals surface area contributed by atoms with Crippen LogP contribution in [0.3, 0.4) is 0 Å². The number of carbonyl (C=O) groups is 1. The molecule has 0 spiro atoms. The van der Waals surface area contributed by atoms with Gasteiger partial charge in [-0.1, -0.05) is 0 Å². The third-order valence-electron chi connectivity index (χ3n) is 4.67. The van der Waals surface area contributed by atoms with Gasteiger partial charge in [0.1, 0.15) is 23.7 Å². The van der Waals surface area contributed by atoms with Crippen LogP contribution in [0.1, 0.15) is 38.4 Å². The molecule has 0 bridgehead atoms. The Morgan fingerprint density at radius 1 is 1.42 bits per heavy atom. The molecule has 0 aliphatic carbocycles. The van der Waals surface area contributed by atoms with Gasteiger partial charge in [0.2, 0.25) is 5.91 Å². The third kappa shape index (κ3) is 5.21. The number of carbonyl (C=O) groups excluding carboxylic acids is 1. The second-order valence-electron chi connectivity index (χ2n) is 6.64. The molecule has 1 aliphatic heterocycles. The van der Waals surface area contributed by atoms with Crippen molar-refractivity contribution in [3.63, 3.8) is 0 Å². The van der Waals surface area contributed by atoms with E-state index in [2.05, 4.69) is 32.4 Å². The van der Waals surface area contributed by atoms with E-state index in [9.17, 15) is 4.79 Å². The maximum Gasteiger partial charge on any atom is 0.220 e. The first-order valence-corrected chi connectivity index (χ1v) is 9.34. The highest BCUT2D eigenvalue weighted by Gasteiger charge is 2.22. The number of nitrogens with one attached hydrogen (secondary N) is 2. The summed E-state index contributed by atoms with van der Waals surface area (Å²) in [5.41, 5.74) is 0. The summed E-state index contributed by atoms with van der Waals surface area (Å²) in [5, 5.41) is 6.14. The van der Waals surface area contributed by atoms with E-state index in [4.69, 9.17) is 4.42 Å². The number of piperidine rings is 1. The van der Waals surface area contributed by atoms with Gasteiger partial charge in [-0.05, 0) is 44.2 Å². The molecule has 2 aromatic rings. The Balaban J connectivity index is 1.46. The number of amides is 1. The lowest BCUT2D eigenvalue weighted by atomic mass is 9.93. The van der Waals surface area contributed by atoms with Crippen molar-refractivity contribution in [2.75, 3.05) is 29.9 Å². The highest BCUT2D eigenvalue weighted by atomic mass is 16.3. The van der Waals surface area contributed by atoms with E-state index in [1.807, 2.05) is 18.2 Å². The molecule has 1 amide bonds. The zero-order valence-corrected chi connectivity index (χ0v) is 15.3. The second kappa shape index (κ2) is 9.22. The predicted molar refractivity (Wildman–Crippen MR) is 101 cm³/mol. The minimum atomic E-state index is 0.0787. The summed E-state index contributed by atoms with van der Waals surface area (Å²) >= 11 is 0. The van der Waals surface area contributed by atoms with Crippen LogP contribution in [0.25, 0.3) is 0 Å². The molecule has 140 valence electrons. The zero-order valence-electron chi connectivity index (χ0n) is 15.3. The van der Waals surface area contributed by atoms with E-state index in [0.29, 0.717) is 18.9 Å². The van der Waals surface area contributed by atoms with Crippen molar-refractivity contribution in [2.24, 2.45) is 5.92 Å². The fraction of sp³-hybridized carbons (Fsp3) is 0.526. The Bertz CT molecular complexity index is 689. The molecular formula is C19H27N5O2. The topological polar surface area (TPSA) is 83.3 Å². The van der Waals surface area contributed by atoms with Crippen LogP contribution < -0.4 is 15.5 Å². The molecule has 7 heteroatoms. The van der Waals surface area contributed by atoms with E-state index in [1.54, 1.807) is 12.6 Å². The van der Waals surface area contributed by atoms with E-state index in [0.717, 1.165) is 56.3 Å². The summed E-state index contributed by atoms with van der Waals surface area (Å²) in [6.45, 7) is 5.29. The Morgan fingerprint density at radius 3 is 3.15 bits per heavy atom. The van der Waals surface area contributed by atoms with Gasteiger partial charge in [0.15, 0.2) is 0 Å². The van der Waals surface area contributed by atoms with Crippen LogP contribution in [-0.4, -0.2) is 35.5 Å². The summed E-state index contributed by atoms with van der Waals surface area (Å²) in [7, 11) is 0. The first-order chi connectivity index (χ1) is 12.7. The number of furan rings is 1. The average molecular weight is 357 g/mol. The monoisotopic (exact) mass is 357 g/mol. The molecule has 1 unspecified atom stereocenters. The molecule has 3 rings (SSSR count). The SMILES string of the molecule is CCNc1cc(N2CCCC(CCC(=O)NCc3ccco3)C2)ncn1. The van der Waals surface area contributed by atoms with Crippen LogP contribution in [0.2, 0.25) is 0 Å². The van der Waals surface area contributed by atoms with Gasteiger partial charge in [-0.2, -0.15) is 0 Å². The molecule has 0 radical (unpaired) electrons. The standard InChI is InChI=1S/C19H27N5O2/c1-2-20-17-11-18(23-14-22-17)24-9-3-5-15(13-24)7-8-19(25)21-12-16-6-4-10-26-16/h4,6,10-11,14-15H,2-3,5,7-9,12-13H2,1H3,(H,21,25)(H,20,22,23). The number of aromatic nitrogens is 2. The molecular weight excluding hydrogens is 330 g/mol. The first kappa shape index (κ1) is 18.2. The van der Waals surface area contributed by atoms with Gasteiger partial charge in [0.25, 0.3) is 0 Å². The highest BCUT2D eigenvalue weighted by molar-refractivity contribution is 5.75. The van der Waals surface area contributed by atoms with Gasteiger partial charge in [-0.25, -0.2) is 9.97 Å². The van der Waals surface area contributed by atoms with Gasteiger partial charge in [-0.3, -0.25) is 4.79 Å². The van der Waals surface area contributed by atoms with Crippen molar-refractivity contribution < 1.29 is 9.21 Å². The fourth-order valence-corrected chi connectivity index (χ4v) is 3.33. The molecule has 1 fully saturated rings. The summed E-state index contributed by atoms with van der Waals surface area (Å²) in [6, 6.07) is 5.69. The maximum atomic E-state index is 12.1. The van der Waals surface area contributed by atoms with Crippen molar-refractivity contribution in [1.82, 2.24) is 15.3 Å². The van der Waals surface area contributed by atoms with Crippen molar-refractivity contribution in [3.8, 4) is 0 Å². The second-order valence-corrected chi connectivity index (χ2v) is 6.64. The van der Waals surface area contributed by atoms with Crippen molar-refractivity contribution in [2.45, 2.75) is 39.2 Å². The van der Waals surface area contributed by atoms with E-state index < -0.39 is 0 Å². The maximum absolute atomic E-state index is 12.1. The van der Waals surface area contributed by atoms with Crippen LogP contribution >= 0.6 is 0 Å². The average Bonchev–Trinajstić information content (AvgIpc) is 3.19. The molecule has 0 aromatic carbocycles. The summed E-state index contributed by atoms with van der Waals surface area (Å²) in [4.78, 5) is 23.0. The van der Waals surface area contributed by atoms with Gasteiger partial charge >= 0.3 is 0 Å². The minimum Gasteiger partial charge on any atom is -0.467 e. The van der Waals surface area contributed by atoms with Crippen LogP contribution in [0.5, 0.6) is 0 Å². The molecule has 1 saturated heterocycles. The van der Waals surface area contributed by atoms with Crippen LogP contribution in [0, 0.1) is 5.92 Å². The lowest BCUT2D eigenvalue weighted by Crippen LogP contribution is -2.36. The lowest BCUT2D eigenvalue weighted by molar-refractivity contribution is -0.121. The Hall–Kier alpha value is -2.57. The van der Waals surface area contributed by atoms with Crippen molar-refractivity contribution in [1.29, 1.82) is 0 Å². The number of hydrogen-bond acceptors (Lipinski definition) is 6. The molecule has 1 aliphatic rings. The van der Waals surface area contributed by atoms with Crippen LogP contribution in [-0.2, 0) is 11.3 Å². The molecule has 2 N–H and O–H groups in total. The number of rotatable bonds is 8. The molecule has 1 atom stereocenters. The van der Waals surface area contributed by atoms with Gasteiger partial charge in [0, 0.05) is 32.1 Å². The van der Waals surface area contributed by atoms with Crippen LogP contribution in [0.4, 0.5) is 11.6 Å². The molecule has 26 heavy (non-hydrogen) atoms. The predicted octanol–water partition coefficient (Wildman–Crippen LogP) is 2.81. The number of hydrogen-bond donors (Lipinski definition) is 2. The largest absolute Gasteiger partial charge is 0.467 e. The van der Waals surface area contributed by atoms with Crippen molar-refractivity contribution in [3.05, 3.63) is 36.5 Å². The zero-order chi connectivity index (χ0) is 18.2. The Labute approximate surface area is 154 Å². The van der Waals surface area contributed by atoms with Gasteiger partial charge in [-0.15, -0.1) is 0 Å². The first-order valence-electron chi connectivity index (χ1n) is 9.34. The Kier molecular flexibility index (Phi) is 6.46. The normalized spacial score (nSPS) is 17.1. The summed E-state index contributed by atoms with van der Waals surface area (Å²) in [6.07, 6.45) is 6.95.